The molecule has 0 atom stereocenters. The summed E-state index contributed by atoms with van der Waals surface area (Å²) in [6.45, 7) is 4.80. The largest absolute Gasteiger partial charge is 0.463 e. The first-order valence-corrected chi connectivity index (χ1v) is 4.45. The van der Waals surface area contributed by atoms with Gasteiger partial charge in [0.1, 0.15) is 18.8 Å². The Balaban J connectivity index is 3.35. The third-order valence-corrected chi connectivity index (χ3v) is 1.43. The van der Waals surface area contributed by atoms with Gasteiger partial charge in [-0.3, -0.25) is 9.59 Å². The topological polar surface area (TPSA) is 52.6 Å². The Morgan fingerprint density at radius 2 is 1.85 bits per heavy atom. The second-order valence-electron chi connectivity index (χ2n) is 2.49. The first kappa shape index (κ1) is 12.1. The van der Waals surface area contributed by atoms with E-state index in [9.17, 15) is 9.59 Å². The van der Waals surface area contributed by atoms with E-state index in [0.717, 1.165) is 0 Å². The molecule has 0 aromatic carbocycles. The van der Waals surface area contributed by atoms with Gasteiger partial charge in [0.2, 0.25) is 0 Å². The minimum Gasteiger partial charge on any atom is -0.463 e. The van der Waals surface area contributed by atoms with Gasteiger partial charge >= 0.3 is 5.97 Å². The second-order valence-corrected chi connectivity index (χ2v) is 2.49. The summed E-state index contributed by atoms with van der Waals surface area (Å²) >= 11 is 0. The van der Waals surface area contributed by atoms with Crippen LogP contribution in [0.4, 0.5) is 0 Å². The van der Waals surface area contributed by atoms with Crippen LogP contribution >= 0.6 is 0 Å². The van der Waals surface area contributed by atoms with Crippen LogP contribution in [-0.2, 0) is 19.1 Å². The molecule has 0 bridgehead atoms. The van der Waals surface area contributed by atoms with Gasteiger partial charge in [0.15, 0.2) is 0 Å². The molecule has 0 aromatic heterocycles. The molecule has 76 valence electrons. The summed E-state index contributed by atoms with van der Waals surface area (Å²) in [6.07, 6.45) is 0.253. The molecule has 0 heterocycles. The summed E-state index contributed by atoms with van der Waals surface area (Å²) in [7, 11) is 0. The van der Waals surface area contributed by atoms with Gasteiger partial charge in [-0.05, 0) is 6.92 Å². The van der Waals surface area contributed by atoms with Crippen LogP contribution in [0.15, 0.2) is 0 Å². The van der Waals surface area contributed by atoms with E-state index in [1.807, 2.05) is 6.92 Å². The van der Waals surface area contributed by atoms with Gasteiger partial charge in [-0.1, -0.05) is 6.92 Å². The average molecular weight is 188 g/mol. The number of esters is 1. The first-order valence-electron chi connectivity index (χ1n) is 4.45. The SMILES string of the molecule is CCOCCOC(=O)CC(=O)CC. The maximum atomic E-state index is 10.9. The quantitative estimate of drug-likeness (QED) is 0.339. The van der Waals surface area contributed by atoms with E-state index in [1.165, 1.54) is 0 Å². The van der Waals surface area contributed by atoms with E-state index in [-0.39, 0.29) is 18.8 Å². The normalized spacial score (nSPS) is 9.69. The van der Waals surface area contributed by atoms with Crippen LogP contribution in [0.25, 0.3) is 0 Å². The Hall–Kier alpha value is -0.900. The van der Waals surface area contributed by atoms with Crippen LogP contribution in [0.2, 0.25) is 0 Å². The number of carbonyl (C=O) groups is 2. The van der Waals surface area contributed by atoms with Gasteiger partial charge < -0.3 is 9.47 Å². The number of hydrogen-bond acceptors (Lipinski definition) is 4. The highest BCUT2D eigenvalue weighted by atomic mass is 16.6. The van der Waals surface area contributed by atoms with Crippen LogP contribution in [-0.4, -0.2) is 31.6 Å². The molecule has 0 aliphatic heterocycles. The third kappa shape index (κ3) is 7.46. The number of rotatable bonds is 7. The fourth-order valence-electron chi connectivity index (χ4n) is 0.696. The number of hydrogen-bond donors (Lipinski definition) is 0. The van der Waals surface area contributed by atoms with Crippen LogP contribution in [0.1, 0.15) is 26.7 Å². The second kappa shape index (κ2) is 7.73. The Morgan fingerprint density at radius 3 is 2.38 bits per heavy atom. The molecule has 13 heavy (non-hydrogen) atoms. The van der Waals surface area contributed by atoms with Crippen LogP contribution in [0.3, 0.4) is 0 Å². The van der Waals surface area contributed by atoms with Crippen LogP contribution < -0.4 is 0 Å². The molecule has 0 aliphatic carbocycles. The van der Waals surface area contributed by atoms with Gasteiger partial charge in [0, 0.05) is 13.0 Å². The molecule has 0 aromatic rings. The summed E-state index contributed by atoms with van der Waals surface area (Å²) in [5.41, 5.74) is 0. The lowest BCUT2D eigenvalue weighted by Crippen LogP contribution is -2.13. The zero-order valence-corrected chi connectivity index (χ0v) is 8.17. The smallest absolute Gasteiger partial charge is 0.313 e. The Morgan fingerprint density at radius 1 is 1.15 bits per heavy atom. The molecule has 0 saturated carbocycles. The Kier molecular flexibility index (Phi) is 7.20. The predicted octanol–water partition coefficient (Wildman–Crippen LogP) is 0.935. The van der Waals surface area contributed by atoms with E-state index in [0.29, 0.717) is 19.6 Å². The van der Waals surface area contributed by atoms with Crippen molar-refractivity contribution in [1.29, 1.82) is 0 Å². The van der Waals surface area contributed by atoms with Crippen molar-refractivity contribution in [3.05, 3.63) is 0 Å². The zero-order chi connectivity index (χ0) is 10.1. The molecule has 0 N–H and O–H groups in total. The number of ketones is 1. The summed E-state index contributed by atoms with van der Waals surface area (Å²) in [5, 5.41) is 0. The lowest BCUT2D eigenvalue weighted by Gasteiger charge is -2.03. The van der Waals surface area contributed by atoms with Crippen molar-refractivity contribution >= 4 is 11.8 Å². The molecule has 0 spiro atoms. The van der Waals surface area contributed by atoms with E-state index in [2.05, 4.69) is 0 Å². The molecule has 4 nitrogen and oxygen atoms in total. The summed E-state index contributed by atoms with van der Waals surface area (Å²) in [4.78, 5) is 21.7. The zero-order valence-electron chi connectivity index (χ0n) is 8.17. The number of Topliss-reactive ketones (excluding diaryl/α,β-unsaturated/α-hetero) is 1. The average Bonchev–Trinajstić information content (AvgIpc) is 2.12. The highest BCUT2D eigenvalue weighted by molar-refractivity contribution is 5.95. The first-order chi connectivity index (χ1) is 6.20. The molecule has 0 amide bonds. The van der Waals surface area contributed by atoms with Crippen molar-refractivity contribution in [2.45, 2.75) is 26.7 Å². The predicted molar refractivity (Wildman–Crippen MR) is 47.4 cm³/mol. The molecule has 0 saturated heterocycles. The van der Waals surface area contributed by atoms with Gasteiger partial charge in [-0.2, -0.15) is 0 Å². The molecule has 0 radical (unpaired) electrons. The van der Waals surface area contributed by atoms with E-state index < -0.39 is 5.97 Å². The van der Waals surface area contributed by atoms with E-state index in [1.54, 1.807) is 6.92 Å². The molecule has 0 aliphatic rings. The van der Waals surface area contributed by atoms with Crippen molar-refractivity contribution in [3.8, 4) is 0 Å². The highest BCUT2D eigenvalue weighted by Crippen LogP contribution is 1.92. The number of carbonyl (C=O) groups excluding carboxylic acids is 2. The maximum absolute atomic E-state index is 10.9. The van der Waals surface area contributed by atoms with Gasteiger partial charge in [0.05, 0.1) is 6.61 Å². The Labute approximate surface area is 78.2 Å². The molecule has 0 rings (SSSR count). The van der Waals surface area contributed by atoms with Gasteiger partial charge in [-0.15, -0.1) is 0 Å². The van der Waals surface area contributed by atoms with E-state index in [4.69, 9.17) is 9.47 Å². The van der Waals surface area contributed by atoms with Gasteiger partial charge in [-0.25, -0.2) is 0 Å². The Bertz CT molecular complexity index is 165. The molecule has 0 unspecified atom stereocenters. The van der Waals surface area contributed by atoms with Crippen LogP contribution in [0, 0.1) is 0 Å². The van der Waals surface area contributed by atoms with Gasteiger partial charge in [0.25, 0.3) is 0 Å². The highest BCUT2D eigenvalue weighted by Gasteiger charge is 2.07. The van der Waals surface area contributed by atoms with E-state index >= 15 is 0 Å². The van der Waals surface area contributed by atoms with Crippen molar-refractivity contribution in [2.24, 2.45) is 0 Å². The summed E-state index contributed by atoms with van der Waals surface area (Å²) < 4.78 is 9.68. The van der Waals surface area contributed by atoms with Crippen LogP contribution in [0.5, 0.6) is 0 Å². The fourth-order valence-corrected chi connectivity index (χ4v) is 0.696. The molecule has 0 fully saturated rings. The molecular formula is C9H16O4. The van der Waals surface area contributed by atoms with Crippen molar-refractivity contribution < 1.29 is 19.1 Å². The standard InChI is InChI=1S/C9H16O4/c1-3-8(10)7-9(11)13-6-5-12-4-2/h3-7H2,1-2H3. The maximum Gasteiger partial charge on any atom is 0.313 e. The molecule has 4 heteroatoms. The lowest BCUT2D eigenvalue weighted by atomic mass is 10.2. The third-order valence-electron chi connectivity index (χ3n) is 1.43. The minimum atomic E-state index is -0.466. The fraction of sp³-hybridized carbons (Fsp3) is 0.778. The lowest BCUT2D eigenvalue weighted by molar-refractivity contribution is -0.147. The van der Waals surface area contributed by atoms with Crippen molar-refractivity contribution in [3.63, 3.8) is 0 Å². The van der Waals surface area contributed by atoms with Crippen molar-refractivity contribution in [1.82, 2.24) is 0 Å². The van der Waals surface area contributed by atoms with Crippen molar-refractivity contribution in [2.75, 3.05) is 19.8 Å². The summed E-state index contributed by atoms with van der Waals surface area (Å²) in [6, 6.07) is 0. The minimum absolute atomic E-state index is 0.0959. The monoisotopic (exact) mass is 188 g/mol. The summed E-state index contributed by atoms with van der Waals surface area (Å²) in [5.74, 6) is -0.562. The number of ether oxygens (including phenoxy) is 2. The molecular weight excluding hydrogens is 172 g/mol.